The molecule has 92 valence electrons. The van der Waals surface area contributed by atoms with Crippen molar-refractivity contribution in [3.05, 3.63) is 30.3 Å². The molecule has 2 rings (SSSR count). The summed E-state index contributed by atoms with van der Waals surface area (Å²) < 4.78 is 0. The van der Waals surface area contributed by atoms with Gasteiger partial charge >= 0.3 is 0 Å². The highest BCUT2D eigenvalue weighted by Crippen LogP contribution is 2.20. The highest BCUT2D eigenvalue weighted by molar-refractivity contribution is 5.90. The van der Waals surface area contributed by atoms with E-state index in [0.717, 1.165) is 31.6 Å². The molecule has 0 aromatic heterocycles. The molecule has 0 radical (unpaired) electrons. The standard InChI is InChI=1S/C14H20N2O/c1-16-9-7-12(8-10-16)11-14(17)15-13-5-3-2-4-6-13/h2-6,12H,7-11H2,1H3,(H,15,17). The van der Waals surface area contributed by atoms with Crippen LogP contribution in [-0.2, 0) is 4.79 Å². The second kappa shape index (κ2) is 5.82. The maximum atomic E-state index is 11.8. The molecular weight excluding hydrogens is 212 g/mol. The quantitative estimate of drug-likeness (QED) is 0.867. The van der Waals surface area contributed by atoms with Crippen LogP contribution in [0.15, 0.2) is 30.3 Å². The van der Waals surface area contributed by atoms with Crippen LogP contribution >= 0.6 is 0 Å². The Kier molecular flexibility index (Phi) is 4.15. The monoisotopic (exact) mass is 232 g/mol. The summed E-state index contributed by atoms with van der Waals surface area (Å²) in [4.78, 5) is 14.2. The van der Waals surface area contributed by atoms with Crippen molar-refractivity contribution in [2.45, 2.75) is 19.3 Å². The lowest BCUT2D eigenvalue weighted by Gasteiger charge is -2.28. The van der Waals surface area contributed by atoms with Gasteiger partial charge in [-0.15, -0.1) is 0 Å². The summed E-state index contributed by atoms with van der Waals surface area (Å²) in [5.74, 6) is 0.695. The van der Waals surface area contributed by atoms with Gasteiger partial charge in [0.25, 0.3) is 0 Å². The first kappa shape index (κ1) is 12.1. The summed E-state index contributed by atoms with van der Waals surface area (Å²) in [6, 6.07) is 9.67. The lowest BCUT2D eigenvalue weighted by atomic mass is 9.93. The summed E-state index contributed by atoms with van der Waals surface area (Å²) >= 11 is 0. The van der Waals surface area contributed by atoms with E-state index < -0.39 is 0 Å². The van der Waals surface area contributed by atoms with E-state index in [1.165, 1.54) is 0 Å². The van der Waals surface area contributed by atoms with E-state index in [1.54, 1.807) is 0 Å². The first-order valence-electron chi connectivity index (χ1n) is 6.27. The van der Waals surface area contributed by atoms with Gasteiger partial charge in [-0.3, -0.25) is 4.79 Å². The maximum Gasteiger partial charge on any atom is 0.224 e. The lowest BCUT2D eigenvalue weighted by Crippen LogP contribution is -2.31. The number of carbonyl (C=O) groups excluding carboxylic acids is 1. The fraction of sp³-hybridized carbons (Fsp3) is 0.500. The highest BCUT2D eigenvalue weighted by atomic mass is 16.1. The zero-order valence-corrected chi connectivity index (χ0v) is 10.4. The van der Waals surface area contributed by atoms with Gasteiger partial charge in [0, 0.05) is 12.1 Å². The number of anilines is 1. The maximum absolute atomic E-state index is 11.8. The molecule has 1 aliphatic rings. The van der Waals surface area contributed by atoms with Gasteiger partial charge in [-0.05, 0) is 51.0 Å². The smallest absolute Gasteiger partial charge is 0.224 e. The second-order valence-electron chi connectivity index (χ2n) is 4.86. The van der Waals surface area contributed by atoms with Crippen molar-refractivity contribution in [2.75, 3.05) is 25.5 Å². The molecule has 0 aliphatic carbocycles. The number of likely N-dealkylation sites (tertiary alicyclic amines) is 1. The van der Waals surface area contributed by atoms with E-state index in [1.807, 2.05) is 30.3 Å². The van der Waals surface area contributed by atoms with E-state index in [0.29, 0.717) is 12.3 Å². The van der Waals surface area contributed by atoms with Gasteiger partial charge in [-0.2, -0.15) is 0 Å². The van der Waals surface area contributed by atoms with Gasteiger partial charge in [-0.25, -0.2) is 0 Å². The van der Waals surface area contributed by atoms with Crippen LogP contribution in [0.2, 0.25) is 0 Å². The fourth-order valence-corrected chi connectivity index (χ4v) is 2.26. The van der Waals surface area contributed by atoms with Gasteiger partial charge in [0.2, 0.25) is 5.91 Å². The molecule has 1 aromatic carbocycles. The summed E-state index contributed by atoms with van der Waals surface area (Å²) in [5, 5.41) is 2.95. The number of rotatable bonds is 3. The van der Waals surface area contributed by atoms with Crippen LogP contribution < -0.4 is 5.32 Å². The van der Waals surface area contributed by atoms with E-state index >= 15 is 0 Å². The average Bonchev–Trinajstić information content (AvgIpc) is 2.33. The molecule has 1 amide bonds. The predicted octanol–water partition coefficient (Wildman–Crippen LogP) is 2.36. The largest absolute Gasteiger partial charge is 0.326 e. The van der Waals surface area contributed by atoms with Gasteiger partial charge in [-0.1, -0.05) is 18.2 Å². The first-order valence-corrected chi connectivity index (χ1v) is 6.27. The molecule has 1 N–H and O–H groups in total. The third-order valence-electron chi connectivity index (χ3n) is 3.37. The molecule has 3 nitrogen and oxygen atoms in total. The van der Waals surface area contributed by atoms with Crippen molar-refractivity contribution in [2.24, 2.45) is 5.92 Å². The van der Waals surface area contributed by atoms with Gasteiger partial charge in [0.05, 0.1) is 0 Å². The zero-order chi connectivity index (χ0) is 12.1. The number of hydrogen-bond donors (Lipinski definition) is 1. The van der Waals surface area contributed by atoms with Crippen molar-refractivity contribution < 1.29 is 4.79 Å². The third kappa shape index (κ3) is 3.86. The van der Waals surface area contributed by atoms with Crippen LogP contribution in [-0.4, -0.2) is 30.9 Å². The van der Waals surface area contributed by atoms with Crippen molar-refractivity contribution >= 4 is 11.6 Å². The van der Waals surface area contributed by atoms with Crippen molar-refractivity contribution in [1.82, 2.24) is 4.90 Å². The summed E-state index contributed by atoms with van der Waals surface area (Å²) in [6.45, 7) is 2.23. The lowest BCUT2D eigenvalue weighted by molar-refractivity contribution is -0.117. The number of nitrogens with zero attached hydrogens (tertiary/aromatic N) is 1. The van der Waals surface area contributed by atoms with Gasteiger partial charge in [0.15, 0.2) is 0 Å². The number of para-hydroxylation sites is 1. The summed E-state index contributed by atoms with van der Waals surface area (Å²) in [6.07, 6.45) is 2.93. The molecule has 17 heavy (non-hydrogen) atoms. The Hall–Kier alpha value is -1.35. The molecular formula is C14H20N2O. The van der Waals surface area contributed by atoms with Gasteiger partial charge in [0.1, 0.15) is 0 Å². The van der Waals surface area contributed by atoms with Crippen molar-refractivity contribution in [3.63, 3.8) is 0 Å². The van der Waals surface area contributed by atoms with Crippen LogP contribution in [0.4, 0.5) is 5.69 Å². The van der Waals surface area contributed by atoms with Crippen LogP contribution in [0.3, 0.4) is 0 Å². The number of hydrogen-bond acceptors (Lipinski definition) is 2. The molecule has 0 atom stereocenters. The molecule has 0 unspecified atom stereocenters. The predicted molar refractivity (Wildman–Crippen MR) is 69.9 cm³/mol. The molecule has 1 heterocycles. The Morgan fingerprint density at radius 3 is 2.59 bits per heavy atom. The molecule has 1 saturated heterocycles. The van der Waals surface area contributed by atoms with E-state index in [4.69, 9.17) is 0 Å². The van der Waals surface area contributed by atoms with E-state index in [-0.39, 0.29) is 5.91 Å². The van der Waals surface area contributed by atoms with Gasteiger partial charge < -0.3 is 10.2 Å². The van der Waals surface area contributed by atoms with Crippen molar-refractivity contribution in [3.8, 4) is 0 Å². The Morgan fingerprint density at radius 2 is 1.94 bits per heavy atom. The Balaban J connectivity index is 1.78. The number of nitrogens with one attached hydrogen (secondary N) is 1. The van der Waals surface area contributed by atoms with Crippen LogP contribution in [0.5, 0.6) is 0 Å². The minimum Gasteiger partial charge on any atom is -0.326 e. The number of amides is 1. The second-order valence-corrected chi connectivity index (χ2v) is 4.86. The normalized spacial score (nSPS) is 17.9. The Labute approximate surface area is 103 Å². The molecule has 1 fully saturated rings. The summed E-state index contributed by atoms with van der Waals surface area (Å²) in [5.41, 5.74) is 0.894. The molecule has 0 spiro atoms. The average molecular weight is 232 g/mol. The Bertz CT molecular complexity index is 356. The van der Waals surface area contributed by atoms with Crippen molar-refractivity contribution in [1.29, 1.82) is 0 Å². The zero-order valence-electron chi connectivity index (χ0n) is 10.4. The first-order chi connectivity index (χ1) is 8.24. The molecule has 3 heteroatoms. The summed E-state index contributed by atoms with van der Waals surface area (Å²) in [7, 11) is 2.14. The minimum absolute atomic E-state index is 0.144. The fourth-order valence-electron chi connectivity index (χ4n) is 2.26. The minimum atomic E-state index is 0.144. The van der Waals surface area contributed by atoms with Crippen LogP contribution in [0.1, 0.15) is 19.3 Å². The third-order valence-corrected chi connectivity index (χ3v) is 3.37. The topological polar surface area (TPSA) is 32.3 Å². The van der Waals surface area contributed by atoms with E-state index in [9.17, 15) is 4.79 Å². The molecule has 0 bridgehead atoms. The number of piperidine rings is 1. The SMILES string of the molecule is CN1CCC(CC(=O)Nc2ccccc2)CC1. The Morgan fingerprint density at radius 1 is 1.29 bits per heavy atom. The molecule has 1 aliphatic heterocycles. The highest BCUT2D eigenvalue weighted by Gasteiger charge is 2.19. The number of benzene rings is 1. The number of carbonyl (C=O) groups is 1. The molecule has 1 aromatic rings. The van der Waals surface area contributed by atoms with E-state index in [2.05, 4.69) is 17.3 Å². The van der Waals surface area contributed by atoms with Crippen LogP contribution in [0, 0.1) is 5.92 Å². The molecule has 0 saturated carbocycles. The van der Waals surface area contributed by atoms with Crippen LogP contribution in [0.25, 0.3) is 0 Å².